The molecule has 2 N–H and O–H groups in total. The first-order valence-corrected chi connectivity index (χ1v) is 4.06. The molecule has 0 radical (unpaired) electrons. The van der Waals surface area contributed by atoms with Crippen LogP contribution in [0.1, 0.15) is 38.5 Å². The van der Waals surface area contributed by atoms with Gasteiger partial charge in [-0.2, -0.15) is 0 Å². The Kier molecular flexibility index (Phi) is 11.5. The zero-order valence-electron chi connectivity index (χ0n) is 7.66. The number of hydrogen-bond acceptors (Lipinski definition) is 2. The molecule has 0 heterocycles. The predicted molar refractivity (Wildman–Crippen MR) is 52.9 cm³/mol. The molecule has 13 heavy (non-hydrogen) atoms. The number of hydrogen-bond donors (Lipinski definition) is 2. The van der Waals surface area contributed by atoms with Crippen LogP contribution in [0.2, 0.25) is 0 Å². The third-order valence-electron chi connectivity index (χ3n) is 1.53. The van der Waals surface area contributed by atoms with Gasteiger partial charge in [0.15, 0.2) is 0 Å². The van der Waals surface area contributed by atoms with Crippen LogP contribution in [0.25, 0.3) is 0 Å². The fourth-order valence-electron chi connectivity index (χ4n) is 0.906. The van der Waals surface area contributed by atoms with Crippen LogP contribution >= 0.6 is 0 Å². The van der Waals surface area contributed by atoms with Gasteiger partial charge < -0.3 is 10.2 Å². The average molecular weight is 299 g/mol. The number of carboxylic acid groups (broad SMARTS) is 2. The van der Waals surface area contributed by atoms with E-state index >= 15 is 0 Å². The molecule has 0 bridgehead atoms. The summed E-state index contributed by atoms with van der Waals surface area (Å²) < 4.78 is 0. The Balaban J connectivity index is 0. The van der Waals surface area contributed by atoms with Crippen LogP contribution in [0.15, 0.2) is 0 Å². The molecule has 0 aliphatic rings. The van der Waals surface area contributed by atoms with E-state index in [4.69, 9.17) is 10.2 Å². The summed E-state index contributed by atoms with van der Waals surface area (Å²) in [6.07, 6.45) is 3.28. The SMILES string of the molecule is O=C(O)CCCCCCC(=O)O.[SbH3]. The van der Waals surface area contributed by atoms with Crippen molar-refractivity contribution in [2.24, 2.45) is 0 Å². The third kappa shape index (κ3) is 14.6. The van der Waals surface area contributed by atoms with Crippen LogP contribution in [0, 0.1) is 0 Å². The van der Waals surface area contributed by atoms with Gasteiger partial charge >= 0.3 is 36.4 Å². The molecule has 0 saturated carbocycles. The fraction of sp³-hybridized carbons (Fsp3) is 0.750. The Morgan fingerprint density at radius 1 is 0.769 bits per heavy atom. The van der Waals surface area contributed by atoms with Crippen LogP contribution < -0.4 is 0 Å². The van der Waals surface area contributed by atoms with Crippen molar-refractivity contribution in [2.75, 3.05) is 0 Å². The van der Waals surface area contributed by atoms with Crippen molar-refractivity contribution < 1.29 is 19.8 Å². The standard InChI is InChI=1S/C8H14O4.Sb.3H/c9-7(10)5-3-1-2-4-6-8(11)12;;;;/h1-6H2,(H,9,10)(H,11,12);;;;. The first-order chi connectivity index (χ1) is 5.63. The normalized spacial score (nSPS) is 8.92. The summed E-state index contributed by atoms with van der Waals surface area (Å²) in [7, 11) is 0. The summed E-state index contributed by atoms with van der Waals surface area (Å²) in [6, 6.07) is 0. The molecule has 0 aliphatic carbocycles. The maximum atomic E-state index is 10.0. The minimum absolute atomic E-state index is 0. The van der Waals surface area contributed by atoms with Gasteiger partial charge in [-0.05, 0) is 12.8 Å². The van der Waals surface area contributed by atoms with Gasteiger partial charge in [-0.1, -0.05) is 12.8 Å². The molecule has 0 amide bonds. The fourth-order valence-corrected chi connectivity index (χ4v) is 0.906. The third-order valence-corrected chi connectivity index (χ3v) is 1.53. The van der Waals surface area contributed by atoms with E-state index in [-0.39, 0.29) is 37.3 Å². The molecule has 0 saturated heterocycles. The van der Waals surface area contributed by atoms with Gasteiger partial charge in [0.25, 0.3) is 0 Å². The quantitative estimate of drug-likeness (QED) is 0.524. The van der Waals surface area contributed by atoms with E-state index in [1.807, 2.05) is 0 Å². The van der Waals surface area contributed by atoms with E-state index in [1.165, 1.54) is 0 Å². The van der Waals surface area contributed by atoms with Gasteiger partial charge in [0, 0.05) is 12.8 Å². The topological polar surface area (TPSA) is 74.6 Å². The molecular formula is C8H17O4Sb. The Morgan fingerprint density at radius 2 is 1.08 bits per heavy atom. The molecule has 78 valence electrons. The van der Waals surface area contributed by atoms with Crippen LogP contribution in [-0.4, -0.2) is 46.6 Å². The molecule has 0 unspecified atom stereocenters. The first-order valence-electron chi connectivity index (χ1n) is 4.06. The average Bonchev–Trinajstić information content (AvgIpc) is 1.95. The minimum atomic E-state index is -0.784. The van der Waals surface area contributed by atoms with E-state index < -0.39 is 11.9 Å². The molecule has 4 nitrogen and oxygen atoms in total. The van der Waals surface area contributed by atoms with E-state index in [2.05, 4.69) is 0 Å². The van der Waals surface area contributed by atoms with E-state index in [0.717, 1.165) is 12.8 Å². The second kappa shape index (κ2) is 9.84. The monoisotopic (exact) mass is 298 g/mol. The van der Waals surface area contributed by atoms with Crippen molar-refractivity contribution in [1.82, 2.24) is 0 Å². The van der Waals surface area contributed by atoms with Gasteiger partial charge in [-0.25, -0.2) is 0 Å². The van der Waals surface area contributed by atoms with Crippen LogP contribution in [0.4, 0.5) is 0 Å². The molecule has 0 atom stereocenters. The molecule has 0 fully saturated rings. The van der Waals surface area contributed by atoms with Crippen molar-refractivity contribution in [3.63, 3.8) is 0 Å². The zero-order chi connectivity index (χ0) is 9.40. The number of carboxylic acids is 2. The number of unbranched alkanes of at least 4 members (excludes halogenated alkanes) is 3. The molecule has 0 aliphatic heterocycles. The summed E-state index contributed by atoms with van der Waals surface area (Å²) >= 11 is 0. The molecular weight excluding hydrogens is 282 g/mol. The molecule has 0 spiro atoms. The van der Waals surface area contributed by atoms with Crippen molar-refractivity contribution in [1.29, 1.82) is 0 Å². The molecule has 0 aromatic carbocycles. The van der Waals surface area contributed by atoms with Crippen molar-refractivity contribution in [3.8, 4) is 0 Å². The summed E-state index contributed by atoms with van der Waals surface area (Å²) in [5.74, 6) is -1.57. The summed E-state index contributed by atoms with van der Waals surface area (Å²) in [6.45, 7) is 0. The van der Waals surface area contributed by atoms with Crippen molar-refractivity contribution >= 4 is 36.4 Å². The van der Waals surface area contributed by atoms with Gasteiger partial charge in [0.1, 0.15) is 0 Å². The zero-order valence-corrected chi connectivity index (χ0v) is 11.7. The molecule has 0 aromatic rings. The second-order valence-corrected chi connectivity index (χ2v) is 2.70. The Labute approximate surface area is 94.8 Å². The molecule has 0 aromatic heterocycles. The van der Waals surface area contributed by atoms with Gasteiger partial charge in [-0.3, -0.25) is 9.59 Å². The van der Waals surface area contributed by atoms with Crippen LogP contribution in [0.5, 0.6) is 0 Å². The van der Waals surface area contributed by atoms with Gasteiger partial charge in [0.05, 0.1) is 0 Å². The van der Waals surface area contributed by atoms with E-state index in [9.17, 15) is 9.59 Å². The van der Waals surface area contributed by atoms with Crippen molar-refractivity contribution in [3.05, 3.63) is 0 Å². The summed E-state index contributed by atoms with van der Waals surface area (Å²) in [4.78, 5) is 20.1. The summed E-state index contributed by atoms with van der Waals surface area (Å²) in [5.41, 5.74) is 0. The number of carbonyl (C=O) groups is 2. The first kappa shape index (κ1) is 15.2. The maximum absolute atomic E-state index is 10.0. The Morgan fingerprint density at radius 3 is 1.31 bits per heavy atom. The number of aliphatic carboxylic acids is 2. The Bertz CT molecular complexity index is 140. The van der Waals surface area contributed by atoms with Gasteiger partial charge in [0.2, 0.25) is 0 Å². The van der Waals surface area contributed by atoms with Crippen molar-refractivity contribution in [2.45, 2.75) is 38.5 Å². The molecule has 5 heteroatoms. The summed E-state index contributed by atoms with van der Waals surface area (Å²) in [5, 5.41) is 16.5. The van der Waals surface area contributed by atoms with E-state index in [0.29, 0.717) is 12.8 Å². The van der Waals surface area contributed by atoms with E-state index in [1.54, 1.807) is 0 Å². The van der Waals surface area contributed by atoms with Crippen LogP contribution in [-0.2, 0) is 9.59 Å². The number of rotatable bonds is 7. The van der Waals surface area contributed by atoms with Crippen LogP contribution in [0.3, 0.4) is 0 Å². The molecule has 0 rings (SSSR count). The second-order valence-electron chi connectivity index (χ2n) is 2.70. The van der Waals surface area contributed by atoms with Gasteiger partial charge in [-0.15, -0.1) is 0 Å². The Hall–Kier alpha value is -0.242. The predicted octanol–water partition coefficient (Wildman–Crippen LogP) is 0.312.